The first-order valence-corrected chi connectivity index (χ1v) is 8.99. The van der Waals surface area contributed by atoms with E-state index in [2.05, 4.69) is 15.2 Å². The van der Waals surface area contributed by atoms with E-state index in [1.54, 1.807) is 24.4 Å². The van der Waals surface area contributed by atoms with Gasteiger partial charge in [0.1, 0.15) is 10.7 Å². The zero-order valence-corrected chi connectivity index (χ0v) is 14.2. The Hall–Kier alpha value is -2.35. The number of nitrogens with zero attached hydrogens (tertiary/aromatic N) is 3. The van der Waals surface area contributed by atoms with E-state index >= 15 is 0 Å². The Morgan fingerprint density at radius 2 is 2.25 bits per heavy atom. The number of hydrogen-bond donors (Lipinski definition) is 2. The summed E-state index contributed by atoms with van der Waals surface area (Å²) in [4.78, 5) is 30.4. The number of carbonyl (C=O) groups is 2. The molecule has 1 atom stereocenters. The number of carbonyl (C=O) groups excluding carboxylic acids is 2. The van der Waals surface area contributed by atoms with Crippen molar-refractivity contribution < 1.29 is 9.59 Å². The van der Waals surface area contributed by atoms with Gasteiger partial charge in [0.05, 0.1) is 17.3 Å². The molecule has 1 aliphatic rings. The van der Waals surface area contributed by atoms with E-state index in [-0.39, 0.29) is 17.6 Å². The van der Waals surface area contributed by atoms with E-state index in [4.69, 9.17) is 5.73 Å². The summed E-state index contributed by atoms with van der Waals surface area (Å²) < 4.78 is 0. The minimum Gasteiger partial charge on any atom is -0.364 e. The van der Waals surface area contributed by atoms with Crippen molar-refractivity contribution in [3.8, 4) is 0 Å². The number of rotatable bonds is 4. The average Bonchev–Trinajstić information content (AvgIpc) is 3.11. The molecule has 0 spiro atoms. The number of amides is 2. The van der Waals surface area contributed by atoms with E-state index in [9.17, 15) is 9.59 Å². The molecule has 3 N–H and O–H groups in total. The van der Waals surface area contributed by atoms with Gasteiger partial charge in [0.2, 0.25) is 0 Å². The van der Waals surface area contributed by atoms with Gasteiger partial charge in [-0.25, -0.2) is 4.98 Å². The summed E-state index contributed by atoms with van der Waals surface area (Å²) >= 11 is 1.45. The quantitative estimate of drug-likeness (QED) is 0.825. The molecule has 0 unspecified atom stereocenters. The summed E-state index contributed by atoms with van der Waals surface area (Å²) in [6.07, 6.45) is 6.38. The van der Waals surface area contributed by atoms with E-state index < -0.39 is 5.91 Å². The lowest BCUT2D eigenvalue weighted by Gasteiger charge is -2.35. The zero-order chi connectivity index (χ0) is 17.1. The molecule has 0 bridgehead atoms. The lowest BCUT2D eigenvalue weighted by atomic mass is 9.98. The Morgan fingerprint density at radius 1 is 1.42 bits per heavy atom. The van der Waals surface area contributed by atoms with Crippen molar-refractivity contribution in [1.82, 2.24) is 20.1 Å². The Kier molecular flexibility index (Phi) is 4.84. The Balaban J connectivity index is 1.91. The van der Waals surface area contributed by atoms with Crippen molar-refractivity contribution in [2.24, 2.45) is 5.73 Å². The van der Waals surface area contributed by atoms with Gasteiger partial charge in [0, 0.05) is 12.7 Å². The predicted molar refractivity (Wildman–Crippen MR) is 90.8 cm³/mol. The highest BCUT2D eigenvalue weighted by atomic mass is 32.2. The van der Waals surface area contributed by atoms with E-state index in [1.165, 1.54) is 11.8 Å². The number of nitrogens with one attached hydrogen (secondary N) is 1. The molecule has 2 aromatic rings. The van der Waals surface area contributed by atoms with E-state index in [0.29, 0.717) is 17.1 Å². The van der Waals surface area contributed by atoms with E-state index in [1.807, 2.05) is 11.2 Å². The fourth-order valence-electron chi connectivity index (χ4n) is 3.00. The molecule has 1 aliphatic heterocycles. The van der Waals surface area contributed by atoms with Gasteiger partial charge in [-0.3, -0.25) is 14.7 Å². The molecule has 8 heteroatoms. The van der Waals surface area contributed by atoms with Crippen LogP contribution < -0.4 is 5.73 Å². The SMILES string of the molecule is CSc1ncccc1C(=O)N1CCCC[C@@H]1c1cc(C(N)=O)n[nH]1. The Bertz CT molecular complexity index is 760. The van der Waals surface area contributed by atoms with Gasteiger partial charge in [-0.2, -0.15) is 5.10 Å². The molecule has 2 aromatic heterocycles. The Labute approximate surface area is 144 Å². The molecule has 24 heavy (non-hydrogen) atoms. The van der Waals surface area contributed by atoms with Crippen molar-refractivity contribution in [3.63, 3.8) is 0 Å². The molecule has 0 aliphatic carbocycles. The molecule has 0 aromatic carbocycles. The first-order chi connectivity index (χ1) is 11.6. The minimum absolute atomic E-state index is 0.0487. The first-order valence-electron chi connectivity index (χ1n) is 7.77. The maximum Gasteiger partial charge on any atom is 0.269 e. The van der Waals surface area contributed by atoms with Crippen LogP contribution in [-0.2, 0) is 0 Å². The second-order valence-electron chi connectivity index (χ2n) is 5.64. The summed E-state index contributed by atoms with van der Waals surface area (Å²) in [5.74, 6) is -0.629. The number of pyridine rings is 1. The van der Waals surface area contributed by atoms with Gasteiger partial charge in [0.25, 0.3) is 11.8 Å². The largest absolute Gasteiger partial charge is 0.364 e. The number of H-pyrrole nitrogens is 1. The number of piperidine rings is 1. The van der Waals surface area contributed by atoms with Crippen LogP contribution in [-0.4, -0.2) is 44.7 Å². The van der Waals surface area contributed by atoms with E-state index in [0.717, 1.165) is 25.0 Å². The third-order valence-electron chi connectivity index (χ3n) is 4.17. The van der Waals surface area contributed by atoms with Gasteiger partial charge in [-0.1, -0.05) is 0 Å². The van der Waals surface area contributed by atoms with Gasteiger partial charge < -0.3 is 10.6 Å². The highest BCUT2D eigenvalue weighted by Gasteiger charge is 2.31. The van der Waals surface area contributed by atoms with Gasteiger partial charge in [0.15, 0.2) is 0 Å². The fraction of sp³-hybridized carbons (Fsp3) is 0.375. The smallest absolute Gasteiger partial charge is 0.269 e. The summed E-state index contributed by atoms with van der Waals surface area (Å²) in [5.41, 5.74) is 6.80. The molecular weight excluding hydrogens is 326 g/mol. The number of aromatic amines is 1. The molecule has 3 heterocycles. The van der Waals surface area contributed by atoms with Crippen molar-refractivity contribution in [3.05, 3.63) is 41.3 Å². The molecule has 0 saturated carbocycles. The maximum absolute atomic E-state index is 13.1. The molecular formula is C16H19N5O2S. The monoisotopic (exact) mass is 345 g/mol. The van der Waals surface area contributed by atoms with Crippen LogP contribution in [0.3, 0.4) is 0 Å². The number of aromatic nitrogens is 3. The van der Waals surface area contributed by atoms with Gasteiger partial charge in [-0.15, -0.1) is 11.8 Å². The number of likely N-dealkylation sites (tertiary alicyclic amines) is 1. The van der Waals surface area contributed by atoms with Crippen LogP contribution in [0.5, 0.6) is 0 Å². The lowest BCUT2D eigenvalue weighted by molar-refractivity contribution is 0.0601. The summed E-state index contributed by atoms with van der Waals surface area (Å²) in [6, 6.07) is 5.07. The lowest BCUT2D eigenvalue weighted by Crippen LogP contribution is -2.39. The Morgan fingerprint density at radius 3 is 2.96 bits per heavy atom. The van der Waals surface area contributed by atoms with Crippen LogP contribution >= 0.6 is 11.8 Å². The van der Waals surface area contributed by atoms with Crippen molar-refractivity contribution in [1.29, 1.82) is 0 Å². The molecule has 126 valence electrons. The highest BCUT2D eigenvalue weighted by molar-refractivity contribution is 7.98. The maximum atomic E-state index is 13.1. The average molecular weight is 345 g/mol. The minimum atomic E-state index is -0.580. The molecule has 1 fully saturated rings. The highest BCUT2D eigenvalue weighted by Crippen LogP contribution is 2.32. The van der Waals surface area contributed by atoms with Crippen LogP contribution in [0.4, 0.5) is 0 Å². The fourth-order valence-corrected chi connectivity index (χ4v) is 3.54. The van der Waals surface area contributed by atoms with Crippen molar-refractivity contribution in [2.45, 2.75) is 30.3 Å². The molecule has 2 amide bonds. The molecule has 7 nitrogen and oxygen atoms in total. The number of nitrogens with two attached hydrogens (primary N) is 1. The van der Waals surface area contributed by atoms with Crippen LogP contribution in [0.1, 0.15) is 51.8 Å². The molecule has 1 saturated heterocycles. The second-order valence-corrected chi connectivity index (χ2v) is 6.44. The molecule has 3 rings (SSSR count). The standard InChI is InChI=1S/C16H19N5O2S/c1-24-15-10(5-4-7-18-15)16(23)21-8-3-2-6-13(21)11-9-12(14(17)22)20-19-11/h4-5,7,9,13H,2-3,6,8H2,1H3,(H2,17,22)(H,19,20)/t13-/m1/s1. The third kappa shape index (κ3) is 3.14. The molecule has 0 radical (unpaired) electrons. The zero-order valence-electron chi connectivity index (χ0n) is 13.4. The normalized spacial score (nSPS) is 17.7. The number of hydrogen-bond acceptors (Lipinski definition) is 5. The van der Waals surface area contributed by atoms with Crippen LogP contribution in [0.25, 0.3) is 0 Å². The second kappa shape index (κ2) is 7.04. The summed E-state index contributed by atoms with van der Waals surface area (Å²) in [6.45, 7) is 0.664. The summed E-state index contributed by atoms with van der Waals surface area (Å²) in [5, 5.41) is 7.51. The predicted octanol–water partition coefficient (Wildman–Crippen LogP) is 1.99. The van der Waals surface area contributed by atoms with Crippen LogP contribution in [0, 0.1) is 0 Å². The topological polar surface area (TPSA) is 105 Å². The van der Waals surface area contributed by atoms with Crippen LogP contribution in [0.15, 0.2) is 29.4 Å². The van der Waals surface area contributed by atoms with Crippen molar-refractivity contribution >= 4 is 23.6 Å². The van der Waals surface area contributed by atoms with Crippen molar-refractivity contribution in [2.75, 3.05) is 12.8 Å². The third-order valence-corrected chi connectivity index (χ3v) is 4.88. The summed E-state index contributed by atoms with van der Waals surface area (Å²) in [7, 11) is 0. The van der Waals surface area contributed by atoms with Gasteiger partial charge >= 0.3 is 0 Å². The van der Waals surface area contributed by atoms with Crippen LogP contribution in [0.2, 0.25) is 0 Å². The number of primary amides is 1. The van der Waals surface area contributed by atoms with Gasteiger partial charge in [-0.05, 0) is 43.7 Å². The number of thioether (sulfide) groups is 1. The first kappa shape index (κ1) is 16.5.